The van der Waals surface area contributed by atoms with Crippen LogP contribution in [0.4, 0.5) is 5.69 Å². The Bertz CT molecular complexity index is 727. The van der Waals surface area contributed by atoms with Crippen LogP contribution in [0.25, 0.3) is 0 Å². The van der Waals surface area contributed by atoms with Gasteiger partial charge in [-0.2, -0.15) is 0 Å². The molecule has 3 rings (SSSR count). The van der Waals surface area contributed by atoms with E-state index in [2.05, 4.69) is 41.1 Å². The first kappa shape index (κ1) is 14.3. The molecule has 0 aromatic heterocycles. The topological polar surface area (TPSA) is 46.3 Å². The summed E-state index contributed by atoms with van der Waals surface area (Å²) >= 11 is 3.47. The molecule has 1 aliphatic rings. The highest BCUT2D eigenvalue weighted by atomic mass is 79.9. The molecular weight excluding hydrogens is 328 g/mol. The van der Waals surface area contributed by atoms with Crippen molar-refractivity contribution in [3.05, 3.63) is 63.1 Å². The van der Waals surface area contributed by atoms with Gasteiger partial charge >= 0.3 is 0 Å². The summed E-state index contributed by atoms with van der Waals surface area (Å²) in [4.78, 5) is 13.5. The number of nitrogens with two attached hydrogens (primary N) is 1. The van der Waals surface area contributed by atoms with Crippen LogP contribution >= 0.6 is 15.9 Å². The Morgan fingerprint density at radius 1 is 1.24 bits per heavy atom. The molecule has 1 heterocycles. The third-order valence-corrected chi connectivity index (χ3v) is 4.60. The number of carbonyl (C=O) groups excluding carboxylic acids is 1. The van der Waals surface area contributed by atoms with Gasteiger partial charge in [-0.25, -0.2) is 0 Å². The van der Waals surface area contributed by atoms with Crippen LogP contribution in [0.1, 0.15) is 28.3 Å². The molecule has 0 spiro atoms. The predicted octanol–water partition coefficient (Wildman–Crippen LogP) is 3.32. The van der Waals surface area contributed by atoms with Crippen molar-refractivity contribution >= 4 is 27.5 Å². The first-order chi connectivity index (χ1) is 9.97. The highest BCUT2D eigenvalue weighted by Gasteiger charge is 2.25. The van der Waals surface area contributed by atoms with Crippen LogP contribution in [0.3, 0.4) is 0 Å². The second-order valence-electron chi connectivity index (χ2n) is 5.50. The van der Waals surface area contributed by atoms with E-state index in [1.54, 1.807) is 4.90 Å². The second-order valence-corrected chi connectivity index (χ2v) is 6.41. The molecule has 1 atom stereocenters. The summed E-state index contributed by atoms with van der Waals surface area (Å²) in [6.45, 7) is 2.06. The fourth-order valence-electron chi connectivity index (χ4n) is 2.85. The van der Waals surface area contributed by atoms with Crippen molar-refractivity contribution in [1.82, 2.24) is 0 Å². The van der Waals surface area contributed by atoms with Crippen LogP contribution in [0.15, 0.2) is 40.9 Å². The molecule has 0 saturated heterocycles. The molecule has 3 nitrogen and oxygen atoms in total. The van der Waals surface area contributed by atoms with E-state index in [0.29, 0.717) is 6.42 Å². The summed E-state index contributed by atoms with van der Waals surface area (Å²) in [5, 5.41) is 0. The zero-order chi connectivity index (χ0) is 15.1. The Labute approximate surface area is 132 Å². The Kier molecular flexibility index (Phi) is 3.59. The van der Waals surface area contributed by atoms with Crippen LogP contribution in [0.5, 0.6) is 0 Å². The summed E-state index contributed by atoms with van der Waals surface area (Å²) in [6.07, 6.45) is 0.464. The highest BCUT2D eigenvalue weighted by Crippen LogP contribution is 2.32. The number of hydrogen-bond donors (Lipinski definition) is 1. The SMILES string of the molecule is Cc1cc(Br)ccc1C(N)c1ccc2c(c1)CC(=O)N2C. The van der Waals surface area contributed by atoms with Gasteiger partial charge in [-0.05, 0) is 47.4 Å². The molecule has 1 unspecified atom stereocenters. The van der Waals surface area contributed by atoms with Gasteiger partial charge in [-0.15, -0.1) is 0 Å². The van der Waals surface area contributed by atoms with Crippen molar-refractivity contribution in [1.29, 1.82) is 0 Å². The number of carbonyl (C=O) groups is 1. The third kappa shape index (κ3) is 2.49. The van der Waals surface area contributed by atoms with E-state index < -0.39 is 0 Å². The van der Waals surface area contributed by atoms with Crippen LogP contribution in [-0.4, -0.2) is 13.0 Å². The Hall–Kier alpha value is -1.65. The summed E-state index contributed by atoms with van der Waals surface area (Å²) < 4.78 is 1.05. The molecule has 1 aliphatic heterocycles. The zero-order valence-electron chi connectivity index (χ0n) is 12.1. The van der Waals surface area contributed by atoms with Crippen molar-refractivity contribution in [2.75, 3.05) is 11.9 Å². The minimum atomic E-state index is -0.176. The lowest BCUT2D eigenvalue weighted by Crippen LogP contribution is -2.20. The third-order valence-electron chi connectivity index (χ3n) is 4.11. The van der Waals surface area contributed by atoms with Gasteiger partial charge in [0.05, 0.1) is 12.5 Å². The number of benzene rings is 2. The molecule has 0 aliphatic carbocycles. The normalized spacial score (nSPS) is 15.2. The fraction of sp³-hybridized carbons (Fsp3) is 0.235. The Balaban J connectivity index is 1.98. The number of hydrogen-bond acceptors (Lipinski definition) is 2. The molecule has 108 valence electrons. The average Bonchev–Trinajstić information content (AvgIpc) is 2.73. The monoisotopic (exact) mass is 344 g/mol. The van der Waals surface area contributed by atoms with Gasteiger partial charge in [-0.1, -0.05) is 34.1 Å². The van der Waals surface area contributed by atoms with Gasteiger partial charge in [0.1, 0.15) is 0 Å². The van der Waals surface area contributed by atoms with Gasteiger partial charge in [0, 0.05) is 17.2 Å². The number of amides is 1. The van der Waals surface area contributed by atoms with Gasteiger partial charge in [0.25, 0.3) is 0 Å². The van der Waals surface area contributed by atoms with E-state index in [1.807, 2.05) is 25.2 Å². The molecule has 0 fully saturated rings. The highest BCUT2D eigenvalue weighted by molar-refractivity contribution is 9.10. The van der Waals surface area contributed by atoms with E-state index in [4.69, 9.17) is 5.73 Å². The summed E-state index contributed by atoms with van der Waals surface area (Å²) in [6, 6.07) is 12.0. The number of nitrogens with zero attached hydrogens (tertiary/aromatic N) is 1. The average molecular weight is 345 g/mol. The lowest BCUT2D eigenvalue weighted by atomic mass is 9.94. The van der Waals surface area contributed by atoms with Gasteiger partial charge in [-0.3, -0.25) is 4.79 Å². The van der Waals surface area contributed by atoms with Crippen LogP contribution in [-0.2, 0) is 11.2 Å². The molecule has 1 amide bonds. The standard InChI is InChI=1S/C17H17BrN2O/c1-10-7-13(18)4-5-14(10)17(19)11-3-6-15-12(8-11)9-16(21)20(15)2/h3-8,17H,9,19H2,1-2H3. The van der Waals surface area contributed by atoms with E-state index in [0.717, 1.165) is 32.4 Å². The van der Waals surface area contributed by atoms with E-state index in [9.17, 15) is 4.79 Å². The van der Waals surface area contributed by atoms with Gasteiger partial charge in [0.2, 0.25) is 5.91 Å². The smallest absolute Gasteiger partial charge is 0.231 e. The largest absolute Gasteiger partial charge is 0.320 e. The van der Waals surface area contributed by atoms with Crippen LogP contribution < -0.4 is 10.6 Å². The first-order valence-corrected chi connectivity index (χ1v) is 7.67. The lowest BCUT2D eigenvalue weighted by Gasteiger charge is -2.17. The molecule has 2 N–H and O–H groups in total. The van der Waals surface area contributed by atoms with Crippen LogP contribution in [0, 0.1) is 6.92 Å². The maximum Gasteiger partial charge on any atom is 0.231 e. The molecule has 0 saturated carbocycles. The fourth-order valence-corrected chi connectivity index (χ4v) is 3.33. The molecule has 2 aromatic rings. The lowest BCUT2D eigenvalue weighted by molar-refractivity contribution is -0.117. The zero-order valence-corrected chi connectivity index (χ0v) is 13.6. The van der Waals surface area contributed by atoms with E-state index in [-0.39, 0.29) is 11.9 Å². The minimum absolute atomic E-state index is 0.135. The maximum atomic E-state index is 11.8. The number of halogens is 1. The van der Waals surface area contributed by atoms with Gasteiger partial charge in [0.15, 0.2) is 0 Å². The quantitative estimate of drug-likeness (QED) is 0.908. The molecular formula is C17H17BrN2O. The van der Waals surface area contributed by atoms with E-state index in [1.165, 1.54) is 0 Å². The molecule has 21 heavy (non-hydrogen) atoms. The van der Waals surface area contributed by atoms with Gasteiger partial charge < -0.3 is 10.6 Å². The number of fused-ring (bicyclic) bond motifs is 1. The molecule has 0 radical (unpaired) electrons. The summed E-state index contributed by atoms with van der Waals surface area (Å²) in [7, 11) is 1.81. The molecule has 2 aromatic carbocycles. The van der Waals surface area contributed by atoms with Crippen molar-refractivity contribution in [2.45, 2.75) is 19.4 Å². The minimum Gasteiger partial charge on any atom is -0.320 e. The Morgan fingerprint density at radius 3 is 2.71 bits per heavy atom. The van der Waals surface area contributed by atoms with Crippen molar-refractivity contribution in [2.24, 2.45) is 5.73 Å². The number of anilines is 1. The number of aryl methyl sites for hydroxylation is 1. The van der Waals surface area contributed by atoms with Crippen LogP contribution in [0.2, 0.25) is 0 Å². The Morgan fingerprint density at radius 2 is 2.00 bits per heavy atom. The van der Waals surface area contributed by atoms with Crippen molar-refractivity contribution in [3.63, 3.8) is 0 Å². The number of rotatable bonds is 2. The molecule has 4 heteroatoms. The predicted molar refractivity (Wildman–Crippen MR) is 88.5 cm³/mol. The summed E-state index contributed by atoms with van der Waals surface area (Å²) in [5.41, 5.74) is 11.8. The van der Waals surface area contributed by atoms with E-state index >= 15 is 0 Å². The van der Waals surface area contributed by atoms with Crippen molar-refractivity contribution in [3.8, 4) is 0 Å². The summed E-state index contributed by atoms with van der Waals surface area (Å²) in [5.74, 6) is 0.135. The number of likely N-dealkylation sites (N-methyl/N-ethyl adjacent to an activating group) is 1. The second kappa shape index (κ2) is 5.28. The van der Waals surface area contributed by atoms with Crippen molar-refractivity contribution < 1.29 is 4.79 Å². The first-order valence-electron chi connectivity index (χ1n) is 6.88. The molecule has 0 bridgehead atoms. The maximum absolute atomic E-state index is 11.8.